The van der Waals surface area contributed by atoms with Crippen LogP contribution in [0.4, 0.5) is 0 Å². The van der Waals surface area contributed by atoms with E-state index in [0.717, 1.165) is 16.7 Å². The maximum Gasteiger partial charge on any atom is 0.326 e. The summed E-state index contributed by atoms with van der Waals surface area (Å²) >= 11 is 0. The Bertz CT molecular complexity index is 936. The van der Waals surface area contributed by atoms with Crippen molar-refractivity contribution in [2.45, 2.75) is 31.2 Å². The molecule has 3 rings (SSSR count). The van der Waals surface area contributed by atoms with Crippen molar-refractivity contribution in [2.24, 2.45) is 0 Å². The first-order valence-electron chi connectivity index (χ1n) is 10.2. The highest BCUT2D eigenvalue weighted by Crippen LogP contribution is 2.39. The lowest BCUT2D eigenvalue weighted by molar-refractivity contribution is -0.142. The van der Waals surface area contributed by atoms with E-state index in [-0.39, 0.29) is 18.6 Å². The number of hydrogen-bond acceptors (Lipinski definition) is 3. The van der Waals surface area contributed by atoms with Crippen molar-refractivity contribution in [3.8, 4) is 0 Å². The van der Waals surface area contributed by atoms with E-state index in [4.69, 9.17) is 0 Å². The molecule has 3 aromatic carbocycles. The molecule has 0 unspecified atom stereocenters. The van der Waals surface area contributed by atoms with Gasteiger partial charge < -0.3 is 15.2 Å². The van der Waals surface area contributed by atoms with Gasteiger partial charge in [0.25, 0.3) is 0 Å². The first kappa shape index (κ1) is 22.0. The second kappa shape index (κ2) is 9.85. The van der Waals surface area contributed by atoms with E-state index in [9.17, 15) is 19.5 Å². The minimum absolute atomic E-state index is 0.0326. The smallest absolute Gasteiger partial charge is 0.326 e. The number of benzene rings is 3. The molecule has 0 spiro atoms. The third-order valence-corrected chi connectivity index (χ3v) is 5.35. The zero-order valence-corrected chi connectivity index (χ0v) is 17.3. The Labute approximate surface area is 181 Å². The SMILES string of the molecule is CC(=O)CC[C@H](NC(=O)C(c1ccccc1)(c1ccccc1)c1ccccc1)C(=O)O. The lowest BCUT2D eigenvalue weighted by Gasteiger charge is -2.35. The third kappa shape index (κ3) is 4.72. The van der Waals surface area contributed by atoms with E-state index in [2.05, 4.69) is 5.32 Å². The first-order chi connectivity index (χ1) is 15.0. The van der Waals surface area contributed by atoms with Crippen LogP contribution in [0, 0.1) is 0 Å². The highest BCUT2D eigenvalue weighted by molar-refractivity contribution is 5.98. The minimum atomic E-state index is -1.26. The summed E-state index contributed by atoms with van der Waals surface area (Å²) in [5, 5.41) is 12.4. The Morgan fingerprint density at radius 2 is 1.16 bits per heavy atom. The summed E-state index contributed by atoms with van der Waals surface area (Å²) in [4.78, 5) is 37.2. The molecular weight excluding hydrogens is 390 g/mol. The zero-order valence-electron chi connectivity index (χ0n) is 17.3. The monoisotopic (exact) mass is 415 g/mol. The van der Waals surface area contributed by atoms with Gasteiger partial charge >= 0.3 is 5.97 Å². The molecule has 158 valence electrons. The highest BCUT2D eigenvalue weighted by atomic mass is 16.4. The number of hydrogen-bond donors (Lipinski definition) is 2. The number of Topliss-reactive ketones (excluding diaryl/α,β-unsaturated/α-hetero) is 1. The summed E-state index contributed by atoms with van der Waals surface area (Å²) in [6, 6.07) is 26.8. The highest BCUT2D eigenvalue weighted by Gasteiger charge is 2.44. The molecule has 3 aromatic rings. The van der Waals surface area contributed by atoms with Gasteiger partial charge in [0.15, 0.2) is 0 Å². The van der Waals surface area contributed by atoms with Crippen molar-refractivity contribution < 1.29 is 19.5 Å². The van der Waals surface area contributed by atoms with Crippen molar-refractivity contribution in [3.63, 3.8) is 0 Å². The van der Waals surface area contributed by atoms with Crippen LogP contribution in [0.1, 0.15) is 36.5 Å². The summed E-state index contributed by atoms with van der Waals surface area (Å²) < 4.78 is 0. The van der Waals surface area contributed by atoms with Gasteiger partial charge in [0.2, 0.25) is 5.91 Å². The number of ketones is 1. The molecule has 0 saturated carbocycles. The molecule has 1 amide bonds. The number of carbonyl (C=O) groups is 3. The van der Waals surface area contributed by atoms with Gasteiger partial charge in [-0.2, -0.15) is 0 Å². The first-order valence-corrected chi connectivity index (χ1v) is 10.2. The molecule has 0 bridgehead atoms. The molecule has 1 atom stereocenters. The Hall–Kier alpha value is -3.73. The molecule has 0 aliphatic heterocycles. The number of aliphatic carboxylic acids is 1. The molecule has 31 heavy (non-hydrogen) atoms. The van der Waals surface area contributed by atoms with Gasteiger partial charge in [-0.1, -0.05) is 91.0 Å². The van der Waals surface area contributed by atoms with Crippen molar-refractivity contribution in [1.29, 1.82) is 0 Å². The molecular formula is C26H25NO4. The summed E-state index contributed by atoms with van der Waals surface area (Å²) in [6.45, 7) is 1.41. The Balaban J connectivity index is 2.18. The van der Waals surface area contributed by atoms with Gasteiger partial charge in [-0.3, -0.25) is 4.79 Å². The topological polar surface area (TPSA) is 83.5 Å². The lowest BCUT2D eigenvalue weighted by atomic mass is 9.68. The average Bonchev–Trinajstić information content (AvgIpc) is 2.79. The van der Waals surface area contributed by atoms with Crippen LogP contribution in [0.5, 0.6) is 0 Å². The normalized spacial score (nSPS) is 12.0. The van der Waals surface area contributed by atoms with Gasteiger partial charge in [-0.05, 0) is 30.0 Å². The number of carbonyl (C=O) groups excluding carboxylic acids is 2. The van der Waals surface area contributed by atoms with Gasteiger partial charge in [-0.15, -0.1) is 0 Å². The maximum atomic E-state index is 14.0. The fraction of sp³-hybridized carbons (Fsp3) is 0.192. The van der Waals surface area contributed by atoms with E-state index in [1.807, 2.05) is 91.0 Å². The second-order valence-corrected chi connectivity index (χ2v) is 7.45. The third-order valence-electron chi connectivity index (χ3n) is 5.35. The second-order valence-electron chi connectivity index (χ2n) is 7.45. The van der Waals surface area contributed by atoms with E-state index in [1.165, 1.54) is 6.92 Å². The van der Waals surface area contributed by atoms with Crippen molar-refractivity contribution >= 4 is 17.7 Å². The lowest BCUT2D eigenvalue weighted by Crippen LogP contribution is -2.52. The Kier molecular flexibility index (Phi) is 6.98. The van der Waals surface area contributed by atoms with Crippen LogP contribution < -0.4 is 5.32 Å². The van der Waals surface area contributed by atoms with Gasteiger partial charge in [0, 0.05) is 6.42 Å². The molecule has 5 heteroatoms. The predicted molar refractivity (Wildman–Crippen MR) is 119 cm³/mol. The molecule has 0 saturated heterocycles. The molecule has 0 radical (unpaired) electrons. The summed E-state index contributed by atoms with van der Waals surface area (Å²) in [5.74, 6) is -1.74. The molecule has 2 N–H and O–H groups in total. The summed E-state index contributed by atoms with van der Waals surface area (Å²) in [7, 11) is 0. The van der Waals surface area contributed by atoms with E-state index < -0.39 is 23.3 Å². The summed E-state index contributed by atoms with van der Waals surface area (Å²) in [5.41, 5.74) is 0.912. The van der Waals surface area contributed by atoms with Crippen LogP contribution in [0.15, 0.2) is 91.0 Å². The van der Waals surface area contributed by atoms with Crippen molar-refractivity contribution in [3.05, 3.63) is 108 Å². The maximum absolute atomic E-state index is 14.0. The molecule has 0 aliphatic carbocycles. The van der Waals surface area contributed by atoms with E-state index >= 15 is 0 Å². The van der Waals surface area contributed by atoms with Gasteiger partial charge in [-0.25, -0.2) is 4.79 Å². The van der Waals surface area contributed by atoms with Crippen LogP contribution >= 0.6 is 0 Å². The van der Waals surface area contributed by atoms with Crippen LogP contribution in [0.2, 0.25) is 0 Å². The van der Waals surface area contributed by atoms with E-state index in [1.54, 1.807) is 0 Å². The fourth-order valence-electron chi connectivity index (χ4n) is 3.83. The van der Waals surface area contributed by atoms with Crippen molar-refractivity contribution in [2.75, 3.05) is 0 Å². The van der Waals surface area contributed by atoms with Crippen LogP contribution in [0.25, 0.3) is 0 Å². The number of amides is 1. The predicted octanol–water partition coefficient (Wildman–Crippen LogP) is 3.96. The number of carboxylic acid groups (broad SMARTS) is 1. The molecule has 0 aromatic heterocycles. The molecule has 0 aliphatic rings. The van der Waals surface area contributed by atoms with E-state index in [0.29, 0.717) is 0 Å². The van der Waals surface area contributed by atoms with Crippen molar-refractivity contribution in [1.82, 2.24) is 5.32 Å². The van der Waals surface area contributed by atoms with Crippen LogP contribution in [-0.4, -0.2) is 28.8 Å². The van der Waals surface area contributed by atoms with Gasteiger partial charge in [0.1, 0.15) is 17.2 Å². The number of carboxylic acids is 1. The Morgan fingerprint density at radius 3 is 1.48 bits per heavy atom. The number of nitrogens with one attached hydrogen (secondary N) is 1. The quantitative estimate of drug-likeness (QED) is 0.518. The average molecular weight is 415 g/mol. The largest absolute Gasteiger partial charge is 0.480 e. The summed E-state index contributed by atoms with van der Waals surface area (Å²) in [6.07, 6.45) is 0.108. The molecule has 5 nitrogen and oxygen atoms in total. The Morgan fingerprint density at radius 1 is 0.774 bits per heavy atom. The van der Waals surface area contributed by atoms with Crippen LogP contribution in [-0.2, 0) is 19.8 Å². The minimum Gasteiger partial charge on any atom is -0.480 e. The zero-order chi connectivity index (χ0) is 22.3. The van der Waals surface area contributed by atoms with Gasteiger partial charge in [0.05, 0.1) is 0 Å². The molecule has 0 heterocycles. The number of rotatable bonds is 9. The molecule has 0 fully saturated rings. The standard InChI is InChI=1S/C26H25NO4/c1-19(28)17-18-23(24(29)30)27-25(31)26(20-11-5-2-6-12-20,21-13-7-3-8-14-21)22-15-9-4-10-16-22/h2-16,23H,17-18H2,1H3,(H,27,31)(H,29,30)/t23-/m0/s1. The van der Waals surface area contributed by atoms with Crippen LogP contribution in [0.3, 0.4) is 0 Å². The fourth-order valence-corrected chi connectivity index (χ4v) is 3.83.